The maximum atomic E-state index is 5.06. The molecule has 2 nitrogen and oxygen atoms in total. The van der Waals surface area contributed by atoms with Crippen LogP contribution in [-0.2, 0) is 9.47 Å². The van der Waals surface area contributed by atoms with Crippen molar-refractivity contribution >= 4 is 0 Å². The Morgan fingerprint density at radius 1 is 1.33 bits per heavy atom. The van der Waals surface area contributed by atoms with Crippen molar-refractivity contribution in [1.29, 1.82) is 0 Å². The molecular weight excluding hydrogens is 116 g/mol. The maximum absolute atomic E-state index is 5.06. The van der Waals surface area contributed by atoms with E-state index in [1.54, 1.807) is 14.2 Å². The van der Waals surface area contributed by atoms with Crippen LogP contribution in [0.3, 0.4) is 0 Å². The van der Waals surface area contributed by atoms with Gasteiger partial charge in [0.2, 0.25) is 0 Å². The van der Waals surface area contributed by atoms with E-state index in [0.29, 0.717) is 0 Å². The van der Waals surface area contributed by atoms with Crippen molar-refractivity contribution in [2.75, 3.05) is 14.2 Å². The van der Waals surface area contributed by atoms with Crippen LogP contribution in [-0.4, -0.2) is 26.4 Å². The summed E-state index contributed by atoms with van der Waals surface area (Å²) < 4.78 is 10.1. The Kier molecular flexibility index (Phi) is 4.72. The van der Waals surface area contributed by atoms with E-state index >= 15 is 0 Å². The highest BCUT2D eigenvalue weighted by molar-refractivity contribution is 4.65. The molecule has 0 bridgehead atoms. The van der Waals surface area contributed by atoms with E-state index in [-0.39, 0.29) is 12.2 Å². The van der Waals surface area contributed by atoms with Crippen molar-refractivity contribution in [3.63, 3.8) is 0 Å². The normalized spacial score (nSPS) is 17.3. The van der Waals surface area contributed by atoms with Crippen LogP contribution in [0.4, 0.5) is 0 Å². The second-order valence-electron chi connectivity index (χ2n) is 2.00. The second-order valence-corrected chi connectivity index (χ2v) is 2.00. The minimum absolute atomic E-state index is 0.134. The van der Waals surface area contributed by atoms with E-state index in [1.165, 1.54) is 0 Å². The summed E-state index contributed by atoms with van der Waals surface area (Å²) in [6, 6.07) is 0. The fourth-order valence-electron chi connectivity index (χ4n) is 0.696. The zero-order valence-electron chi connectivity index (χ0n) is 6.39. The number of ether oxygens (including phenoxy) is 2. The van der Waals surface area contributed by atoms with Crippen LogP contribution >= 0.6 is 0 Å². The Morgan fingerprint density at radius 3 is 2.00 bits per heavy atom. The largest absolute Gasteiger partial charge is 0.379 e. The first-order valence-electron chi connectivity index (χ1n) is 3.11. The van der Waals surface area contributed by atoms with E-state index in [2.05, 4.69) is 6.92 Å². The number of methoxy groups -OCH3 is 2. The van der Waals surface area contributed by atoms with Crippen molar-refractivity contribution in [1.82, 2.24) is 0 Å². The van der Waals surface area contributed by atoms with Gasteiger partial charge in [0.05, 0.1) is 12.2 Å². The third-order valence-corrected chi connectivity index (χ3v) is 1.48. The fraction of sp³-hybridized carbons (Fsp3) is 0.857. The van der Waals surface area contributed by atoms with Gasteiger partial charge in [0.25, 0.3) is 0 Å². The Balaban J connectivity index is 3.50. The van der Waals surface area contributed by atoms with Gasteiger partial charge >= 0.3 is 0 Å². The Morgan fingerprint density at radius 2 is 1.89 bits per heavy atom. The van der Waals surface area contributed by atoms with Gasteiger partial charge in [-0.05, 0) is 13.3 Å². The first-order valence-corrected chi connectivity index (χ1v) is 3.11. The molecule has 0 aromatic rings. The molecule has 9 heavy (non-hydrogen) atoms. The minimum Gasteiger partial charge on any atom is -0.379 e. The van der Waals surface area contributed by atoms with Gasteiger partial charge < -0.3 is 9.47 Å². The topological polar surface area (TPSA) is 18.5 Å². The van der Waals surface area contributed by atoms with Crippen LogP contribution in [0.15, 0.2) is 0 Å². The Hall–Kier alpha value is -0.0800. The zero-order valence-corrected chi connectivity index (χ0v) is 6.39. The quantitative estimate of drug-likeness (QED) is 0.572. The van der Waals surface area contributed by atoms with Gasteiger partial charge in [-0.3, -0.25) is 0 Å². The predicted octanol–water partition coefficient (Wildman–Crippen LogP) is 1.26. The summed E-state index contributed by atoms with van der Waals surface area (Å²) in [5, 5.41) is 0. The highest BCUT2D eigenvalue weighted by Gasteiger charge is 2.12. The molecule has 0 amide bonds. The molecule has 0 spiro atoms. The molecule has 55 valence electrons. The van der Waals surface area contributed by atoms with Crippen molar-refractivity contribution in [2.45, 2.75) is 25.6 Å². The second kappa shape index (κ2) is 4.77. The summed E-state index contributed by atoms with van der Waals surface area (Å²) >= 11 is 0. The standard InChI is InChI=1S/C7H15O2/c1-5-7(9-4)6(2)8-3/h6-7H,1,5H2,2-4H3. The summed E-state index contributed by atoms with van der Waals surface area (Å²) in [5.74, 6) is 0. The molecule has 0 aliphatic carbocycles. The lowest BCUT2D eigenvalue weighted by Crippen LogP contribution is -2.25. The summed E-state index contributed by atoms with van der Waals surface area (Å²) in [6.07, 6.45) is 1.04. The third-order valence-electron chi connectivity index (χ3n) is 1.48. The monoisotopic (exact) mass is 131 g/mol. The molecule has 1 radical (unpaired) electrons. The van der Waals surface area contributed by atoms with E-state index in [1.807, 2.05) is 6.92 Å². The van der Waals surface area contributed by atoms with Crippen LogP contribution in [0.2, 0.25) is 0 Å². The maximum Gasteiger partial charge on any atom is 0.0830 e. The average molecular weight is 131 g/mol. The molecule has 0 N–H and O–H groups in total. The Bertz CT molecular complexity index is 59.9. The number of rotatable bonds is 4. The molecule has 0 saturated heterocycles. The van der Waals surface area contributed by atoms with Gasteiger partial charge in [0.1, 0.15) is 0 Å². The number of hydrogen-bond donors (Lipinski definition) is 0. The molecule has 0 aliphatic heterocycles. The van der Waals surface area contributed by atoms with Crippen LogP contribution in [0.5, 0.6) is 0 Å². The zero-order chi connectivity index (χ0) is 7.28. The minimum atomic E-state index is 0.134. The van der Waals surface area contributed by atoms with E-state index in [0.717, 1.165) is 6.42 Å². The van der Waals surface area contributed by atoms with Gasteiger partial charge in [0, 0.05) is 14.2 Å². The summed E-state index contributed by atoms with van der Waals surface area (Å²) in [5.41, 5.74) is 0. The third kappa shape index (κ3) is 2.82. The van der Waals surface area contributed by atoms with Gasteiger partial charge in [-0.1, -0.05) is 6.92 Å². The van der Waals surface area contributed by atoms with E-state index in [4.69, 9.17) is 9.47 Å². The smallest absolute Gasteiger partial charge is 0.0830 e. The lowest BCUT2D eigenvalue weighted by Gasteiger charge is -2.18. The van der Waals surface area contributed by atoms with E-state index < -0.39 is 0 Å². The highest BCUT2D eigenvalue weighted by Crippen LogP contribution is 2.04. The molecule has 0 rings (SSSR count). The highest BCUT2D eigenvalue weighted by atomic mass is 16.5. The molecular formula is C7H15O2. The average Bonchev–Trinajstić information content (AvgIpc) is 1.90. The molecule has 2 atom stereocenters. The molecule has 2 heteroatoms. The summed E-state index contributed by atoms with van der Waals surface area (Å²) in [4.78, 5) is 0. The molecule has 0 saturated carbocycles. The summed E-state index contributed by atoms with van der Waals surface area (Å²) in [7, 11) is 3.34. The molecule has 0 aliphatic rings. The van der Waals surface area contributed by atoms with Crippen molar-refractivity contribution in [3.05, 3.63) is 6.92 Å². The fourth-order valence-corrected chi connectivity index (χ4v) is 0.696. The van der Waals surface area contributed by atoms with Crippen molar-refractivity contribution < 1.29 is 9.47 Å². The van der Waals surface area contributed by atoms with Gasteiger partial charge in [0.15, 0.2) is 0 Å². The lowest BCUT2D eigenvalue weighted by atomic mass is 10.2. The van der Waals surface area contributed by atoms with Gasteiger partial charge in [-0.25, -0.2) is 0 Å². The summed E-state index contributed by atoms with van der Waals surface area (Å²) in [6.45, 7) is 5.69. The molecule has 0 aromatic carbocycles. The van der Waals surface area contributed by atoms with Crippen LogP contribution in [0.25, 0.3) is 0 Å². The molecule has 0 aromatic heterocycles. The van der Waals surface area contributed by atoms with Crippen LogP contribution < -0.4 is 0 Å². The molecule has 0 fully saturated rings. The lowest BCUT2D eigenvalue weighted by molar-refractivity contribution is -0.0243. The Labute approximate surface area is 57.2 Å². The van der Waals surface area contributed by atoms with Crippen molar-refractivity contribution in [3.8, 4) is 0 Å². The SMILES string of the molecule is [CH2]CC(OC)C(C)OC. The number of hydrogen-bond acceptors (Lipinski definition) is 2. The molecule has 2 unspecified atom stereocenters. The first-order chi connectivity index (χ1) is 4.26. The molecule has 0 heterocycles. The van der Waals surface area contributed by atoms with Gasteiger partial charge in [-0.2, -0.15) is 0 Å². The van der Waals surface area contributed by atoms with Crippen LogP contribution in [0.1, 0.15) is 13.3 Å². The van der Waals surface area contributed by atoms with Crippen LogP contribution in [0, 0.1) is 6.92 Å². The van der Waals surface area contributed by atoms with Gasteiger partial charge in [-0.15, -0.1) is 0 Å². The van der Waals surface area contributed by atoms with Crippen molar-refractivity contribution in [2.24, 2.45) is 0 Å². The predicted molar refractivity (Wildman–Crippen MR) is 37.2 cm³/mol. The van der Waals surface area contributed by atoms with E-state index in [9.17, 15) is 0 Å². The first kappa shape index (κ1) is 8.92.